The van der Waals surface area contributed by atoms with E-state index in [4.69, 9.17) is 5.73 Å². The highest BCUT2D eigenvalue weighted by Crippen LogP contribution is 2.25. The van der Waals surface area contributed by atoms with Crippen molar-refractivity contribution in [3.63, 3.8) is 0 Å². The normalized spacial score (nSPS) is 16.6. The molecule has 0 radical (unpaired) electrons. The van der Waals surface area contributed by atoms with Gasteiger partial charge in [0.2, 0.25) is 15.9 Å². The Morgan fingerprint density at radius 3 is 2.57 bits per heavy atom. The number of amides is 1. The molecule has 1 saturated heterocycles. The zero-order valence-electron chi connectivity index (χ0n) is 16.2. The molecule has 9 heteroatoms. The first-order valence-electron chi connectivity index (χ1n) is 9.24. The summed E-state index contributed by atoms with van der Waals surface area (Å²) in [4.78, 5) is 18.6. The number of fused-ring (bicyclic) bond motifs is 1. The standard InChI is InChI=1S/C19H26N4O3S.ClH/c1-3-5-16(20)19(24)22-8-10-23(11-9-22)27(25,26)17-7-4-6-15-12-14(2)13-21-18(15)17;/h4,6-7,12-13,16H,3,5,8-11,20H2,1-2H3;1H. The number of nitrogens with two attached hydrogens (primary N) is 1. The lowest BCUT2D eigenvalue weighted by molar-refractivity contribution is -0.133. The summed E-state index contributed by atoms with van der Waals surface area (Å²) in [5.74, 6) is -0.101. The second kappa shape index (κ2) is 9.17. The Bertz CT molecular complexity index is 943. The second-order valence-electron chi connectivity index (χ2n) is 6.97. The molecule has 2 heterocycles. The maximum Gasteiger partial charge on any atom is 0.245 e. The lowest BCUT2D eigenvalue weighted by Gasteiger charge is -2.35. The van der Waals surface area contributed by atoms with E-state index in [1.165, 1.54) is 4.31 Å². The van der Waals surface area contributed by atoms with Crippen molar-refractivity contribution in [2.45, 2.75) is 37.6 Å². The lowest BCUT2D eigenvalue weighted by atomic mass is 10.1. The van der Waals surface area contributed by atoms with E-state index in [1.807, 2.05) is 26.0 Å². The molecule has 1 atom stereocenters. The van der Waals surface area contributed by atoms with Gasteiger partial charge in [0.25, 0.3) is 0 Å². The van der Waals surface area contributed by atoms with Crippen molar-refractivity contribution >= 4 is 39.2 Å². The molecule has 2 aromatic rings. The van der Waals surface area contributed by atoms with Crippen LogP contribution < -0.4 is 5.73 Å². The molecular formula is C19H27ClN4O3S. The molecule has 0 aliphatic carbocycles. The fourth-order valence-corrected chi connectivity index (χ4v) is 5.00. The molecule has 1 aromatic heterocycles. The predicted octanol–water partition coefficient (Wildman–Crippen LogP) is 1.93. The van der Waals surface area contributed by atoms with Crippen LogP contribution in [0.15, 0.2) is 35.4 Å². The number of rotatable bonds is 5. The third-order valence-electron chi connectivity index (χ3n) is 4.90. The van der Waals surface area contributed by atoms with Crippen molar-refractivity contribution in [2.24, 2.45) is 5.73 Å². The van der Waals surface area contributed by atoms with Gasteiger partial charge in [0.15, 0.2) is 0 Å². The van der Waals surface area contributed by atoms with Gasteiger partial charge in [-0.2, -0.15) is 4.31 Å². The molecule has 0 spiro atoms. The Balaban J connectivity index is 0.00000280. The Morgan fingerprint density at radius 1 is 1.25 bits per heavy atom. The van der Waals surface area contributed by atoms with Crippen molar-refractivity contribution in [2.75, 3.05) is 26.2 Å². The zero-order chi connectivity index (χ0) is 19.6. The van der Waals surface area contributed by atoms with Crippen LogP contribution in [0.1, 0.15) is 25.3 Å². The fraction of sp³-hybridized carbons (Fsp3) is 0.474. The zero-order valence-corrected chi connectivity index (χ0v) is 17.8. The smallest absolute Gasteiger partial charge is 0.245 e. The number of hydrogen-bond acceptors (Lipinski definition) is 5. The number of sulfonamides is 1. The molecular weight excluding hydrogens is 400 g/mol. The second-order valence-corrected chi connectivity index (χ2v) is 8.87. The van der Waals surface area contributed by atoms with E-state index in [2.05, 4.69) is 4.98 Å². The minimum Gasteiger partial charge on any atom is -0.339 e. The molecule has 7 nitrogen and oxygen atoms in total. The van der Waals surface area contributed by atoms with Gasteiger partial charge < -0.3 is 10.6 Å². The predicted molar refractivity (Wildman–Crippen MR) is 112 cm³/mol. The number of piperazine rings is 1. The third kappa shape index (κ3) is 4.46. The Morgan fingerprint density at radius 2 is 1.93 bits per heavy atom. The van der Waals surface area contributed by atoms with Gasteiger partial charge in [-0.3, -0.25) is 9.78 Å². The summed E-state index contributed by atoms with van der Waals surface area (Å²) >= 11 is 0. The van der Waals surface area contributed by atoms with Gasteiger partial charge in [0, 0.05) is 37.8 Å². The maximum absolute atomic E-state index is 13.2. The summed E-state index contributed by atoms with van der Waals surface area (Å²) < 4.78 is 27.7. The largest absolute Gasteiger partial charge is 0.339 e. The molecule has 154 valence electrons. The van der Waals surface area contributed by atoms with E-state index < -0.39 is 16.1 Å². The van der Waals surface area contributed by atoms with Crippen LogP contribution >= 0.6 is 12.4 Å². The molecule has 1 aromatic carbocycles. The summed E-state index contributed by atoms with van der Waals surface area (Å²) in [7, 11) is -3.68. The van der Waals surface area contributed by atoms with Crippen LogP contribution in [0, 0.1) is 6.92 Å². The van der Waals surface area contributed by atoms with Crippen LogP contribution in [-0.2, 0) is 14.8 Å². The SMILES string of the molecule is CCCC(N)C(=O)N1CCN(S(=O)(=O)c2cccc3cc(C)cnc23)CC1.Cl. The average molecular weight is 427 g/mol. The van der Waals surface area contributed by atoms with Crippen molar-refractivity contribution < 1.29 is 13.2 Å². The number of halogens is 1. The minimum absolute atomic E-state index is 0. The number of benzene rings is 1. The molecule has 0 saturated carbocycles. The Kier molecular flexibility index (Phi) is 7.39. The van der Waals surface area contributed by atoms with Gasteiger partial charge in [-0.25, -0.2) is 8.42 Å². The number of aryl methyl sites for hydroxylation is 1. The van der Waals surface area contributed by atoms with Gasteiger partial charge in [-0.1, -0.05) is 25.5 Å². The van der Waals surface area contributed by atoms with E-state index in [0.717, 1.165) is 17.4 Å². The Hall–Kier alpha value is -1.74. The van der Waals surface area contributed by atoms with E-state index in [9.17, 15) is 13.2 Å². The van der Waals surface area contributed by atoms with E-state index in [0.29, 0.717) is 25.0 Å². The topological polar surface area (TPSA) is 96.6 Å². The molecule has 0 bridgehead atoms. The molecule has 1 unspecified atom stereocenters. The van der Waals surface area contributed by atoms with E-state index >= 15 is 0 Å². The first-order valence-corrected chi connectivity index (χ1v) is 10.7. The molecule has 28 heavy (non-hydrogen) atoms. The Labute approximate surface area is 172 Å². The molecule has 2 N–H and O–H groups in total. The highest BCUT2D eigenvalue weighted by Gasteiger charge is 2.32. The highest BCUT2D eigenvalue weighted by molar-refractivity contribution is 7.89. The van der Waals surface area contributed by atoms with Crippen LogP contribution in [-0.4, -0.2) is 60.7 Å². The van der Waals surface area contributed by atoms with E-state index in [1.54, 1.807) is 23.2 Å². The van der Waals surface area contributed by atoms with Gasteiger partial charge in [0.05, 0.1) is 11.6 Å². The molecule has 1 amide bonds. The van der Waals surface area contributed by atoms with Crippen LogP contribution in [0.5, 0.6) is 0 Å². The van der Waals surface area contributed by atoms with Crippen LogP contribution in [0.3, 0.4) is 0 Å². The van der Waals surface area contributed by atoms with Gasteiger partial charge in [-0.05, 0) is 31.0 Å². The van der Waals surface area contributed by atoms with E-state index in [-0.39, 0.29) is 36.3 Å². The van der Waals surface area contributed by atoms with Crippen LogP contribution in [0.4, 0.5) is 0 Å². The quantitative estimate of drug-likeness (QED) is 0.787. The molecule has 1 fully saturated rings. The third-order valence-corrected chi connectivity index (χ3v) is 6.83. The summed E-state index contributed by atoms with van der Waals surface area (Å²) in [6.45, 7) is 5.13. The monoisotopic (exact) mass is 426 g/mol. The summed E-state index contributed by atoms with van der Waals surface area (Å²) in [6, 6.07) is 6.60. The number of nitrogens with zero attached hydrogens (tertiary/aromatic N) is 3. The van der Waals surface area contributed by atoms with Crippen molar-refractivity contribution in [3.05, 3.63) is 36.0 Å². The summed E-state index contributed by atoms with van der Waals surface area (Å²) in [6.07, 6.45) is 3.15. The first-order chi connectivity index (χ1) is 12.8. The number of carbonyl (C=O) groups is 1. The first kappa shape index (κ1) is 22.5. The van der Waals surface area contributed by atoms with Gasteiger partial charge in [-0.15, -0.1) is 12.4 Å². The summed E-state index contributed by atoms with van der Waals surface area (Å²) in [5, 5.41) is 0.801. The molecule has 3 rings (SSSR count). The lowest BCUT2D eigenvalue weighted by Crippen LogP contribution is -2.54. The fourth-order valence-electron chi connectivity index (χ4n) is 3.41. The van der Waals surface area contributed by atoms with Gasteiger partial charge >= 0.3 is 0 Å². The number of para-hydroxylation sites is 1. The molecule has 1 aliphatic heterocycles. The van der Waals surface area contributed by atoms with Crippen molar-refractivity contribution in [1.29, 1.82) is 0 Å². The van der Waals surface area contributed by atoms with Crippen LogP contribution in [0.25, 0.3) is 10.9 Å². The van der Waals surface area contributed by atoms with Gasteiger partial charge in [0.1, 0.15) is 4.90 Å². The maximum atomic E-state index is 13.2. The minimum atomic E-state index is -3.68. The van der Waals surface area contributed by atoms with Crippen molar-refractivity contribution in [1.82, 2.24) is 14.2 Å². The van der Waals surface area contributed by atoms with Crippen LogP contribution in [0.2, 0.25) is 0 Å². The number of hydrogen-bond donors (Lipinski definition) is 1. The number of aromatic nitrogens is 1. The van der Waals surface area contributed by atoms with Crippen molar-refractivity contribution in [3.8, 4) is 0 Å². The summed E-state index contributed by atoms with van der Waals surface area (Å²) in [5.41, 5.74) is 7.37. The number of carbonyl (C=O) groups excluding carboxylic acids is 1. The molecule has 1 aliphatic rings. The number of pyridine rings is 1. The highest BCUT2D eigenvalue weighted by atomic mass is 35.5. The average Bonchev–Trinajstić information content (AvgIpc) is 2.67.